The minimum absolute atomic E-state index is 0.0827. The molecule has 0 aliphatic heterocycles. The van der Waals surface area contributed by atoms with E-state index >= 15 is 0 Å². The van der Waals surface area contributed by atoms with Gasteiger partial charge in [0.05, 0.1) is 0 Å². The molecule has 23 heavy (non-hydrogen) atoms. The summed E-state index contributed by atoms with van der Waals surface area (Å²) in [5, 5.41) is 2.94. The molecule has 1 aliphatic carbocycles. The van der Waals surface area contributed by atoms with Crippen molar-refractivity contribution in [2.45, 2.75) is 45.3 Å². The SMILES string of the molecule is Cc1ccc(C(=O)NCc2cccnc2OC2CCCC2)cc1. The number of amides is 1. The number of rotatable bonds is 5. The Morgan fingerprint density at radius 2 is 1.96 bits per heavy atom. The van der Waals surface area contributed by atoms with Gasteiger partial charge in [-0.25, -0.2) is 4.98 Å². The summed E-state index contributed by atoms with van der Waals surface area (Å²) >= 11 is 0. The lowest BCUT2D eigenvalue weighted by atomic mass is 10.1. The van der Waals surface area contributed by atoms with Crippen LogP contribution in [0.25, 0.3) is 0 Å². The zero-order valence-corrected chi connectivity index (χ0v) is 13.4. The molecule has 1 fully saturated rings. The Labute approximate surface area is 136 Å². The maximum absolute atomic E-state index is 12.2. The molecule has 1 aliphatic rings. The molecule has 4 heteroatoms. The first-order chi connectivity index (χ1) is 11.2. The van der Waals surface area contributed by atoms with Crippen LogP contribution in [0.3, 0.4) is 0 Å². The molecule has 1 heterocycles. The highest BCUT2D eigenvalue weighted by Crippen LogP contribution is 2.24. The summed E-state index contributed by atoms with van der Waals surface area (Å²) in [5.74, 6) is 0.560. The minimum atomic E-state index is -0.0827. The molecule has 3 rings (SSSR count). The van der Waals surface area contributed by atoms with Crippen molar-refractivity contribution < 1.29 is 9.53 Å². The van der Waals surface area contributed by atoms with Crippen LogP contribution >= 0.6 is 0 Å². The fourth-order valence-corrected chi connectivity index (χ4v) is 2.81. The zero-order valence-electron chi connectivity index (χ0n) is 13.4. The van der Waals surface area contributed by atoms with Gasteiger partial charge in [-0.2, -0.15) is 0 Å². The molecule has 1 saturated carbocycles. The molecule has 1 aromatic heterocycles. The lowest BCUT2D eigenvalue weighted by Crippen LogP contribution is -2.23. The second kappa shape index (κ2) is 7.27. The second-order valence-corrected chi connectivity index (χ2v) is 6.04. The van der Waals surface area contributed by atoms with Crippen LogP contribution in [-0.4, -0.2) is 17.0 Å². The number of nitrogens with one attached hydrogen (secondary N) is 1. The van der Waals surface area contributed by atoms with Gasteiger partial charge in [-0.1, -0.05) is 23.8 Å². The summed E-state index contributed by atoms with van der Waals surface area (Å²) < 4.78 is 6.00. The maximum Gasteiger partial charge on any atom is 0.251 e. The van der Waals surface area contributed by atoms with Gasteiger partial charge in [0, 0.05) is 23.9 Å². The second-order valence-electron chi connectivity index (χ2n) is 6.04. The molecule has 4 nitrogen and oxygen atoms in total. The van der Waals surface area contributed by atoms with Crippen molar-refractivity contribution in [2.24, 2.45) is 0 Å². The van der Waals surface area contributed by atoms with Gasteiger partial charge in [0.15, 0.2) is 0 Å². The molecule has 0 radical (unpaired) electrons. The number of benzene rings is 1. The summed E-state index contributed by atoms with van der Waals surface area (Å²) in [6.45, 7) is 2.42. The van der Waals surface area contributed by atoms with Gasteiger partial charge in [0.2, 0.25) is 5.88 Å². The van der Waals surface area contributed by atoms with Gasteiger partial charge in [0.1, 0.15) is 6.10 Å². The average Bonchev–Trinajstić information content (AvgIpc) is 3.07. The van der Waals surface area contributed by atoms with E-state index in [4.69, 9.17) is 4.74 Å². The fourth-order valence-electron chi connectivity index (χ4n) is 2.81. The lowest BCUT2D eigenvalue weighted by molar-refractivity contribution is 0.0950. The number of pyridine rings is 1. The summed E-state index contributed by atoms with van der Waals surface area (Å²) in [6, 6.07) is 11.4. The van der Waals surface area contributed by atoms with E-state index in [1.807, 2.05) is 43.3 Å². The van der Waals surface area contributed by atoms with Gasteiger partial charge in [0.25, 0.3) is 5.91 Å². The van der Waals surface area contributed by atoms with Crippen molar-refractivity contribution in [3.8, 4) is 5.88 Å². The Kier molecular flexibility index (Phi) is 4.91. The summed E-state index contributed by atoms with van der Waals surface area (Å²) in [5.41, 5.74) is 2.72. The highest BCUT2D eigenvalue weighted by molar-refractivity contribution is 5.94. The van der Waals surface area contributed by atoms with Crippen LogP contribution in [0.4, 0.5) is 0 Å². The number of hydrogen-bond donors (Lipinski definition) is 1. The van der Waals surface area contributed by atoms with Gasteiger partial charge >= 0.3 is 0 Å². The van der Waals surface area contributed by atoms with Gasteiger partial charge in [-0.3, -0.25) is 4.79 Å². The van der Waals surface area contributed by atoms with E-state index in [-0.39, 0.29) is 12.0 Å². The Morgan fingerprint density at radius 1 is 1.22 bits per heavy atom. The van der Waals surface area contributed by atoms with Gasteiger partial charge in [-0.15, -0.1) is 0 Å². The van der Waals surface area contributed by atoms with Crippen LogP contribution in [0.2, 0.25) is 0 Å². The molecule has 0 atom stereocenters. The van der Waals surface area contributed by atoms with Crippen LogP contribution in [-0.2, 0) is 6.54 Å². The largest absolute Gasteiger partial charge is 0.474 e. The Morgan fingerprint density at radius 3 is 2.70 bits per heavy atom. The Hall–Kier alpha value is -2.36. The molecular weight excluding hydrogens is 288 g/mol. The molecule has 0 bridgehead atoms. The van der Waals surface area contributed by atoms with Crippen LogP contribution in [0.1, 0.15) is 47.2 Å². The lowest BCUT2D eigenvalue weighted by Gasteiger charge is -2.15. The number of hydrogen-bond acceptors (Lipinski definition) is 3. The van der Waals surface area contributed by atoms with Crippen molar-refractivity contribution in [3.63, 3.8) is 0 Å². The smallest absolute Gasteiger partial charge is 0.251 e. The monoisotopic (exact) mass is 310 g/mol. The first-order valence-corrected chi connectivity index (χ1v) is 8.18. The summed E-state index contributed by atoms with van der Waals surface area (Å²) in [7, 11) is 0. The van der Waals surface area contributed by atoms with E-state index in [0.717, 1.165) is 24.0 Å². The molecule has 0 spiro atoms. The molecule has 2 aromatic rings. The number of ether oxygens (including phenoxy) is 1. The highest BCUT2D eigenvalue weighted by atomic mass is 16.5. The van der Waals surface area contributed by atoms with Crippen LogP contribution in [0.5, 0.6) is 5.88 Å². The van der Waals surface area contributed by atoms with Crippen molar-refractivity contribution in [1.82, 2.24) is 10.3 Å². The van der Waals surface area contributed by atoms with Crippen molar-refractivity contribution in [3.05, 3.63) is 59.3 Å². The number of carbonyl (C=O) groups excluding carboxylic acids is 1. The highest BCUT2D eigenvalue weighted by Gasteiger charge is 2.18. The van der Waals surface area contributed by atoms with E-state index < -0.39 is 0 Å². The maximum atomic E-state index is 12.2. The van der Waals surface area contributed by atoms with Crippen molar-refractivity contribution in [1.29, 1.82) is 0 Å². The van der Waals surface area contributed by atoms with Crippen LogP contribution in [0, 0.1) is 6.92 Å². The van der Waals surface area contributed by atoms with E-state index in [9.17, 15) is 4.79 Å². The third-order valence-electron chi connectivity index (χ3n) is 4.18. The Balaban J connectivity index is 1.63. The quantitative estimate of drug-likeness (QED) is 0.917. The predicted octanol–water partition coefficient (Wildman–Crippen LogP) is 3.64. The molecule has 0 saturated heterocycles. The van der Waals surface area contributed by atoms with E-state index in [1.54, 1.807) is 6.20 Å². The molecule has 120 valence electrons. The number of carbonyl (C=O) groups is 1. The molecule has 1 amide bonds. The number of nitrogens with zero attached hydrogens (tertiary/aromatic N) is 1. The zero-order chi connectivity index (χ0) is 16.1. The van der Waals surface area contributed by atoms with E-state index in [1.165, 1.54) is 12.8 Å². The Bertz CT molecular complexity index is 661. The molecular formula is C19H22N2O2. The third kappa shape index (κ3) is 4.09. The predicted molar refractivity (Wildman–Crippen MR) is 89.5 cm³/mol. The van der Waals surface area contributed by atoms with Crippen molar-refractivity contribution >= 4 is 5.91 Å². The average molecular weight is 310 g/mol. The molecule has 0 unspecified atom stereocenters. The minimum Gasteiger partial charge on any atom is -0.474 e. The van der Waals surface area contributed by atoms with Crippen LogP contribution < -0.4 is 10.1 Å². The third-order valence-corrected chi connectivity index (χ3v) is 4.18. The number of aromatic nitrogens is 1. The van der Waals surface area contributed by atoms with E-state index in [2.05, 4.69) is 10.3 Å². The fraction of sp³-hybridized carbons (Fsp3) is 0.368. The summed E-state index contributed by atoms with van der Waals surface area (Å²) in [6.07, 6.45) is 6.61. The standard InChI is InChI=1S/C19H22N2O2/c1-14-8-10-15(11-9-14)18(22)21-13-16-5-4-12-20-19(16)23-17-6-2-3-7-17/h4-5,8-12,17H,2-3,6-7,13H2,1H3,(H,21,22). The topological polar surface area (TPSA) is 51.2 Å². The van der Waals surface area contributed by atoms with E-state index in [0.29, 0.717) is 18.0 Å². The van der Waals surface area contributed by atoms with Crippen LogP contribution in [0.15, 0.2) is 42.6 Å². The van der Waals surface area contributed by atoms with Gasteiger partial charge in [-0.05, 0) is 50.8 Å². The first-order valence-electron chi connectivity index (χ1n) is 8.18. The molecule has 1 aromatic carbocycles. The number of aryl methyl sites for hydroxylation is 1. The molecule has 1 N–H and O–H groups in total. The van der Waals surface area contributed by atoms with Crippen molar-refractivity contribution in [2.75, 3.05) is 0 Å². The normalized spacial score (nSPS) is 14.7. The summed E-state index contributed by atoms with van der Waals surface area (Å²) in [4.78, 5) is 16.5. The first kappa shape index (κ1) is 15.5. The van der Waals surface area contributed by atoms with Gasteiger partial charge < -0.3 is 10.1 Å².